The predicted octanol–water partition coefficient (Wildman–Crippen LogP) is 3.57. The van der Waals surface area contributed by atoms with E-state index in [1.165, 1.54) is 9.75 Å². The maximum Gasteiger partial charge on any atom is 0.328 e. The molecule has 2 rings (SSSR count). The van der Waals surface area contributed by atoms with Gasteiger partial charge in [-0.15, -0.1) is 22.7 Å². The van der Waals surface area contributed by atoms with Gasteiger partial charge in [-0.05, 0) is 29.7 Å². The molecule has 2 aromatic rings. The highest BCUT2D eigenvalue weighted by Crippen LogP contribution is 2.31. The zero-order valence-electron chi connectivity index (χ0n) is 7.71. The normalized spacial score (nSPS) is 10.9. The molecule has 15 heavy (non-hydrogen) atoms. The van der Waals surface area contributed by atoms with Gasteiger partial charge in [0.25, 0.3) is 0 Å². The van der Waals surface area contributed by atoms with Crippen molar-refractivity contribution in [2.75, 3.05) is 0 Å². The minimum Gasteiger partial charge on any atom is -0.478 e. The summed E-state index contributed by atoms with van der Waals surface area (Å²) in [5.74, 6) is -0.916. The zero-order valence-corrected chi connectivity index (χ0v) is 9.35. The summed E-state index contributed by atoms with van der Waals surface area (Å²) in [4.78, 5) is 13.7. The Bertz CT molecular complexity index is 480. The molecule has 4 heteroatoms. The topological polar surface area (TPSA) is 37.3 Å². The molecule has 2 aromatic heterocycles. The first kappa shape index (κ1) is 10.1. The van der Waals surface area contributed by atoms with E-state index in [4.69, 9.17) is 5.11 Å². The number of carbonyl (C=O) groups is 1. The quantitative estimate of drug-likeness (QED) is 0.827. The molecule has 1 N–H and O–H groups in total. The molecule has 0 aliphatic carbocycles. The monoisotopic (exact) mass is 236 g/mol. The van der Waals surface area contributed by atoms with Crippen LogP contribution in [0.4, 0.5) is 0 Å². The first-order valence-corrected chi connectivity index (χ1v) is 6.00. The van der Waals surface area contributed by atoms with Gasteiger partial charge in [-0.2, -0.15) is 0 Å². The maximum atomic E-state index is 10.3. The number of hydrogen-bond donors (Lipinski definition) is 1. The number of rotatable bonds is 3. The van der Waals surface area contributed by atoms with E-state index in [-0.39, 0.29) is 0 Å². The second-order valence-electron chi connectivity index (χ2n) is 2.85. The summed E-state index contributed by atoms with van der Waals surface area (Å²) in [6, 6.07) is 8.00. The smallest absolute Gasteiger partial charge is 0.328 e. The van der Waals surface area contributed by atoms with Gasteiger partial charge >= 0.3 is 5.97 Å². The molecular formula is C11H8O2S2. The van der Waals surface area contributed by atoms with E-state index in [9.17, 15) is 4.79 Å². The SMILES string of the molecule is O=C(O)C=Cc1ccc(-c2cccs2)s1. The van der Waals surface area contributed by atoms with Crippen molar-refractivity contribution in [2.45, 2.75) is 0 Å². The van der Waals surface area contributed by atoms with E-state index in [1.54, 1.807) is 28.7 Å². The highest BCUT2D eigenvalue weighted by Gasteiger charge is 2.01. The fourth-order valence-electron chi connectivity index (χ4n) is 1.15. The average molecular weight is 236 g/mol. The lowest BCUT2D eigenvalue weighted by Crippen LogP contribution is -1.84. The van der Waals surface area contributed by atoms with Crippen molar-refractivity contribution in [3.63, 3.8) is 0 Å². The van der Waals surface area contributed by atoms with E-state index in [0.29, 0.717) is 0 Å². The molecule has 2 heterocycles. The molecular weight excluding hydrogens is 228 g/mol. The Kier molecular flexibility index (Phi) is 2.99. The molecule has 0 unspecified atom stereocenters. The summed E-state index contributed by atoms with van der Waals surface area (Å²) in [7, 11) is 0. The van der Waals surface area contributed by atoms with Gasteiger partial charge in [-0.1, -0.05) is 6.07 Å². The summed E-state index contributed by atoms with van der Waals surface area (Å²) < 4.78 is 0. The highest BCUT2D eigenvalue weighted by molar-refractivity contribution is 7.21. The molecule has 0 fully saturated rings. The van der Waals surface area contributed by atoms with Crippen LogP contribution in [0.25, 0.3) is 15.8 Å². The van der Waals surface area contributed by atoms with Gasteiger partial charge in [-0.25, -0.2) is 4.79 Å². The third-order valence-corrected chi connectivity index (χ3v) is 3.90. The Labute approximate surface area is 95.1 Å². The summed E-state index contributed by atoms with van der Waals surface area (Å²) in [5.41, 5.74) is 0. The number of hydrogen-bond acceptors (Lipinski definition) is 3. The molecule has 0 aliphatic heterocycles. The Balaban J connectivity index is 2.21. The van der Waals surface area contributed by atoms with E-state index in [2.05, 4.69) is 6.07 Å². The van der Waals surface area contributed by atoms with Crippen LogP contribution >= 0.6 is 22.7 Å². The predicted molar refractivity (Wildman–Crippen MR) is 64.3 cm³/mol. The average Bonchev–Trinajstić information content (AvgIpc) is 2.85. The molecule has 0 atom stereocenters. The lowest BCUT2D eigenvalue weighted by atomic mass is 10.3. The van der Waals surface area contributed by atoms with Crippen LogP contribution in [0.1, 0.15) is 4.88 Å². The molecule has 0 aromatic carbocycles. The largest absolute Gasteiger partial charge is 0.478 e. The van der Waals surface area contributed by atoms with Crippen LogP contribution in [0, 0.1) is 0 Å². The molecule has 0 bridgehead atoms. The molecule has 0 saturated heterocycles. The second-order valence-corrected chi connectivity index (χ2v) is 4.91. The van der Waals surface area contributed by atoms with Crippen molar-refractivity contribution >= 4 is 34.7 Å². The molecule has 0 saturated carbocycles. The van der Waals surface area contributed by atoms with E-state index in [0.717, 1.165) is 11.0 Å². The van der Waals surface area contributed by atoms with E-state index in [1.807, 2.05) is 23.6 Å². The molecule has 0 amide bonds. The molecule has 0 radical (unpaired) electrons. The third-order valence-electron chi connectivity index (χ3n) is 1.78. The van der Waals surface area contributed by atoms with Crippen LogP contribution in [0.3, 0.4) is 0 Å². The van der Waals surface area contributed by atoms with E-state index >= 15 is 0 Å². The van der Waals surface area contributed by atoms with Crippen molar-refractivity contribution in [1.29, 1.82) is 0 Å². The zero-order chi connectivity index (χ0) is 10.7. The maximum absolute atomic E-state index is 10.3. The molecule has 2 nitrogen and oxygen atoms in total. The van der Waals surface area contributed by atoms with Gasteiger partial charge in [0.1, 0.15) is 0 Å². The molecule has 0 spiro atoms. The van der Waals surface area contributed by atoms with Crippen LogP contribution in [-0.4, -0.2) is 11.1 Å². The second kappa shape index (κ2) is 4.42. The number of aliphatic carboxylic acids is 1. The Hall–Kier alpha value is -1.39. The van der Waals surface area contributed by atoms with E-state index < -0.39 is 5.97 Å². The summed E-state index contributed by atoms with van der Waals surface area (Å²) >= 11 is 3.28. The van der Waals surface area contributed by atoms with Crippen LogP contribution < -0.4 is 0 Å². The van der Waals surface area contributed by atoms with Crippen molar-refractivity contribution in [1.82, 2.24) is 0 Å². The van der Waals surface area contributed by atoms with Gasteiger partial charge in [0, 0.05) is 20.7 Å². The standard InChI is InChI=1S/C11H8O2S2/c12-11(13)6-4-8-3-5-10(15-8)9-2-1-7-14-9/h1-7H,(H,12,13). The van der Waals surface area contributed by atoms with Crippen LogP contribution in [0.5, 0.6) is 0 Å². The van der Waals surface area contributed by atoms with Gasteiger partial charge in [0.2, 0.25) is 0 Å². The van der Waals surface area contributed by atoms with Gasteiger partial charge in [0.15, 0.2) is 0 Å². The van der Waals surface area contributed by atoms with Gasteiger partial charge in [0.05, 0.1) is 0 Å². The lowest BCUT2D eigenvalue weighted by molar-refractivity contribution is -0.131. The summed E-state index contributed by atoms with van der Waals surface area (Å²) in [6.07, 6.45) is 2.77. The van der Waals surface area contributed by atoms with Crippen molar-refractivity contribution < 1.29 is 9.90 Å². The number of thiophene rings is 2. The highest BCUT2D eigenvalue weighted by atomic mass is 32.1. The minimum absolute atomic E-state index is 0.916. The minimum atomic E-state index is -0.916. The Morgan fingerprint density at radius 1 is 1.27 bits per heavy atom. The fraction of sp³-hybridized carbons (Fsp3) is 0. The van der Waals surface area contributed by atoms with Crippen molar-refractivity contribution in [3.8, 4) is 9.75 Å². The van der Waals surface area contributed by atoms with Crippen LogP contribution in [0.2, 0.25) is 0 Å². The Morgan fingerprint density at radius 3 is 2.80 bits per heavy atom. The lowest BCUT2D eigenvalue weighted by Gasteiger charge is -1.87. The van der Waals surface area contributed by atoms with Gasteiger partial charge < -0.3 is 5.11 Å². The number of carboxylic acid groups (broad SMARTS) is 1. The molecule has 76 valence electrons. The van der Waals surface area contributed by atoms with Crippen molar-refractivity contribution in [3.05, 3.63) is 40.6 Å². The first-order valence-electron chi connectivity index (χ1n) is 4.30. The molecule has 0 aliphatic rings. The summed E-state index contributed by atoms with van der Waals surface area (Å²) in [6.45, 7) is 0. The Morgan fingerprint density at radius 2 is 2.13 bits per heavy atom. The first-order chi connectivity index (χ1) is 7.25. The summed E-state index contributed by atoms with van der Waals surface area (Å²) in [5, 5.41) is 10.5. The number of carboxylic acids is 1. The fourth-order valence-corrected chi connectivity index (χ4v) is 2.89. The van der Waals surface area contributed by atoms with Crippen LogP contribution in [-0.2, 0) is 4.79 Å². The van der Waals surface area contributed by atoms with Crippen LogP contribution in [0.15, 0.2) is 35.7 Å². The van der Waals surface area contributed by atoms with Crippen molar-refractivity contribution in [2.24, 2.45) is 0 Å². The third kappa shape index (κ3) is 2.55. The van der Waals surface area contributed by atoms with Gasteiger partial charge in [-0.3, -0.25) is 0 Å².